The minimum atomic E-state index is -0.592. The van der Waals surface area contributed by atoms with Crippen molar-refractivity contribution >= 4 is 5.97 Å². The van der Waals surface area contributed by atoms with E-state index < -0.39 is 5.97 Å². The van der Waals surface area contributed by atoms with Gasteiger partial charge in [0.05, 0.1) is 17.2 Å². The Kier molecular flexibility index (Phi) is 7.60. The lowest BCUT2D eigenvalue weighted by Gasteiger charge is -2.42. The van der Waals surface area contributed by atoms with E-state index in [1.54, 1.807) is 36.4 Å². The molecular formula is C29H32FNO2. The minimum Gasteiger partial charge on any atom is -0.423 e. The number of nitriles is 1. The molecule has 33 heavy (non-hydrogen) atoms. The Morgan fingerprint density at radius 2 is 1.85 bits per heavy atom. The average Bonchev–Trinajstić information content (AvgIpc) is 2.84. The molecule has 0 amide bonds. The lowest BCUT2D eigenvalue weighted by atomic mass is 9.63. The topological polar surface area (TPSA) is 50.1 Å². The largest absolute Gasteiger partial charge is 0.423 e. The SMILES string of the molecule is C/C=C/CCC1CCC2CC(c3ccc(C(=O)Oc4ccc(C#N)cc4)cc3F)CCC2C1. The van der Waals surface area contributed by atoms with E-state index in [1.807, 2.05) is 6.07 Å². The summed E-state index contributed by atoms with van der Waals surface area (Å²) in [6.45, 7) is 2.09. The van der Waals surface area contributed by atoms with Gasteiger partial charge in [0.15, 0.2) is 0 Å². The Hall–Kier alpha value is -2.93. The summed E-state index contributed by atoms with van der Waals surface area (Å²) in [5.41, 5.74) is 1.43. The van der Waals surface area contributed by atoms with Crippen LogP contribution in [0.2, 0.25) is 0 Å². The van der Waals surface area contributed by atoms with Crippen molar-refractivity contribution < 1.29 is 13.9 Å². The summed E-state index contributed by atoms with van der Waals surface area (Å²) in [5, 5.41) is 8.87. The normalized spacial score (nSPS) is 24.8. The first-order valence-electron chi connectivity index (χ1n) is 12.2. The number of fused-ring (bicyclic) bond motifs is 1. The molecule has 0 radical (unpaired) electrons. The Bertz CT molecular complexity index is 1040. The highest BCUT2D eigenvalue weighted by molar-refractivity contribution is 5.91. The summed E-state index contributed by atoms with van der Waals surface area (Å²) in [5.74, 6) is 1.99. The van der Waals surface area contributed by atoms with Crippen LogP contribution in [0.1, 0.15) is 85.7 Å². The molecule has 0 N–H and O–H groups in total. The molecule has 2 saturated carbocycles. The van der Waals surface area contributed by atoms with Gasteiger partial charge in [0.2, 0.25) is 0 Å². The summed E-state index contributed by atoms with van der Waals surface area (Å²) in [6.07, 6.45) is 14.0. The maximum atomic E-state index is 15.0. The van der Waals surface area contributed by atoms with Gasteiger partial charge in [0, 0.05) is 0 Å². The molecule has 0 spiro atoms. The third-order valence-corrected chi connectivity index (χ3v) is 7.57. The van der Waals surface area contributed by atoms with E-state index in [2.05, 4.69) is 19.1 Å². The number of carbonyl (C=O) groups is 1. The van der Waals surface area contributed by atoms with Crippen molar-refractivity contribution in [2.45, 2.75) is 64.2 Å². The molecule has 2 fully saturated rings. The number of allylic oxidation sites excluding steroid dienone is 2. The first-order valence-corrected chi connectivity index (χ1v) is 12.2. The fraction of sp³-hybridized carbons (Fsp3) is 0.448. The summed E-state index contributed by atoms with van der Waals surface area (Å²) in [7, 11) is 0. The molecule has 2 aromatic rings. The van der Waals surface area contributed by atoms with Crippen LogP contribution in [0.25, 0.3) is 0 Å². The van der Waals surface area contributed by atoms with Crippen LogP contribution in [-0.2, 0) is 0 Å². The lowest BCUT2D eigenvalue weighted by molar-refractivity contribution is 0.0734. The van der Waals surface area contributed by atoms with Gasteiger partial charge in [-0.3, -0.25) is 0 Å². The minimum absolute atomic E-state index is 0.205. The van der Waals surface area contributed by atoms with Crippen LogP contribution in [0, 0.1) is 34.9 Å². The zero-order valence-corrected chi connectivity index (χ0v) is 19.3. The van der Waals surface area contributed by atoms with Crippen LogP contribution in [0.15, 0.2) is 54.6 Å². The first kappa shape index (κ1) is 23.2. The van der Waals surface area contributed by atoms with E-state index in [0.29, 0.717) is 17.2 Å². The summed E-state index contributed by atoms with van der Waals surface area (Å²) < 4.78 is 20.4. The number of ether oxygens (including phenoxy) is 1. The smallest absolute Gasteiger partial charge is 0.343 e. The zero-order chi connectivity index (χ0) is 23.2. The molecule has 0 aliphatic heterocycles. The molecule has 0 bridgehead atoms. The maximum absolute atomic E-state index is 15.0. The monoisotopic (exact) mass is 445 g/mol. The third kappa shape index (κ3) is 5.71. The van der Waals surface area contributed by atoms with Gasteiger partial charge in [0.25, 0.3) is 0 Å². The van der Waals surface area contributed by atoms with Crippen LogP contribution < -0.4 is 4.74 Å². The Morgan fingerprint density at radius 1 is 1.09 bits per heavy atom. The molecule has 4 unspecified atom stereocenters. The van der Waals surface area contributed by atoms with E-state index in [-0.39, 0.29) is 17.3 Å². The molecule has 0 saturated heterocycles. The molecular weight excluding hydrogens is 413 g/mol. The number of rotatable bonds is 6. The number of hydrogen-bond donors (Lipinski definition) is 0. The average molecular weight is 446 g/mol. The van der Waals surface area contributed by atoms with Gasteiger partial charge in [-0.15, -0.1) is 0 Å². The molecule has 4 rings (SSSR count). The lowest BCUT2D eigenvalue weighted by Crippen LogP contribution is -2.30. The number of benzene rings is 2. The van der Waals surface area contributed by atoms with Crippen LogP contribution >= 0.6 is 0 Å². The van der Waals surface area contributed by atoms with Gasteiger partial charge in [-0.1, -0.05) is 24.6 Å². The maximum Gasteiger partial charge on any atom is 0.343 e. The zero-order valence-electron chi connectivity index (χ0n) is 19.3. The van der Waals surface area contributed by atoms with Gasteiger partial charge >= 0.3 is 5.97 Å². The second-order valence-corrected chi connectivity index (χ2v) is 9.62. The van der Waals surface area contributed by atoms with Crippen LogP contribution in [0.5, 0.6) is 5.75 Å². The van der Waals surface area contributed by atoms with Gasteiger partial charge in [0.1, 0.15) is 11.6 Å². The fourth-order valence-corrected chi connectivity index (χ4v) is 5.78. The van der Waals surface area contributed by atoms with Crippen LogP contribution in [0.3, 0.4) is 0 Å². The molecule has 2 aliphatic rings. The van der Waals surface area contributed by atoms with Gasteiger partial charge < -0.3 is 4.74 Å². The molecule has 3 nitrogen and oxygen atoms in total. The van der Waals surface area contributed by atoms with Gasteiger partial charge in [-0.25, -0.2) is 9.18 Å². The highest BCUT2D eigenvalue weighted by atomic mass is 19.1. The van der Waals surface area contributed by atoms with Crippen molar-refractivity contribution in [3.63, 3.8) is 0 Å². The first-order chi connectivity index (χ1) is 16.1. The van der Waals surface area contributed by atoms with Crippen molar-refractivity contribution in [3.8, 4) is 11.8 Å². The molecule has 0 aromatic heterocycles. The fourth-order valence-electron chi connectivity index (χ4n) is 5.78. The predicted octanol–water partition coefficient (Wildman–Crippen LogP) is 7.57. The Labute approximate surface area is 196 Å². The molecule has 2 aliphatic carbocycles. The number of esters is 1. The Morgan fingerprint density at radius 3 is 2.58 bits per heavy atom. The molecule has 0 heterocycles. The molecule has 4 atom stereocenters. The quantitative estimate of drug-likeness (QED) is 0.262. The summed E-state index contributed by atoms with van der Waals surface area (Å²) in [4.78, 5) is 12.5. The number of carbonyl (C=O) groups excluding carboxylic acids is 1. The van der Waals surface area contributed by atoms with Crippen LogP contribution in [0.4, 0.5) is 4.39 Å². The molecule has 4 heteroatoms. The van der Waals surface area contributed by atoms with E-state index in [1.165, 1.54) is 44.6 Å². The van der Waals surface area contributed by atoms with Crippen molar-refractivity contribution in [1.82, 2.24) is 0 Å². The van der Waals surface area contributed by atoms with Crippen molar-refractivity contribution in [2.75, 3.05) is 0 Å². The Balaban J connectivity index is 1.35. The number of hydrogen-bond acceptors (Lipinski definition) is 3. The van der Waals surface area contributed by atoms with Gasteiger partial charge in [-0.2, -0.15) is 5.26 Å². The second kappa shape index (κ2) is 10.8. The highest BCUT2D eigenvalue weighted by Crippen LogP contribution is 2.48. The standard InChI is InChI=1S/C29H32FNO2/c1-2-3-4-5-20-6-9-23-17-24(11-10-22(23)16-20)27-15-12-25(18-28(27)30)29(32)33-26-13-7-21(19-31)8-14-26/h2-3,7-8,12-15,18,20,22-24H,4-6,9-11,16-17H2,1H3/b3-2+. The van der Waals surface area contributed by atoms with E-state index >= 15 is 4.39 Å². The predicted molar refractivity (Wildman–Crippen MR) is 127 cm³/mol. The van der Waals surface area contributed by atoms with Crippen molar-refractivity contribution in [2.24, 2.45) is 17.8 Å². The van der Waals surface area contributed by atoms with E-state index in [4.69, 9.17) is 10.00 Å². The highest BCUT2D eigenvalue weighted by Gasteiger charge is 2.36. The summed E-state index contributed by atoms with van der Waals surface area (Å²) >= 11 is 0. The van der Waals surface area contributed by atoms with Crippen molar-refractivity contribution in [3.05, 3.63) is 77.1 Å². The van der Waals surface area contributed by atoms with Crippen molar-refractivity contribution in [1.29, 1.82) is 5.26 Å². The van der Waals surface area contributed by atoms with E-state index in [9.17, 15) is 4.79 Å². The van der Waals surface area contributed by atoms with Crippen LogP contribution in [-0.4, -0.2) is 5.97 Å². The van der Waals surface area contributed by atoms with E-state index in [0.717, 1.165) is 30.2 Å². The molecule has 172 valence electrons. The molecule has 2 aromatic carbocycles. The third-order valence-electron chi connectivity index (χ3n) is 7.57. The number of nitrogens with zero attached hydrogens (tertiary/aromatic N) is 1. The summed E-state index contributed by atoms with van der Waals surface area (Å²) in [6, 6.07) is 13.1. The second-order valence-electron chi connectivity index (χ2n) is 9.62. The van der Waals surface area contributed by atoms with Gasteiger partial charge in [-0.05, 0) is 118 Å². The number of halogens is 1.